The molecule has 0 radical (unpaired) electrons. The predicted molar refractivity (Wildman–Crippen MR) is 75.4 cm³/mol. The van der Waals surface area contributed by atoms with E-state index in [4.69, 9.17) is 10.8 Å². The maximum atomic E-state index is 11.0. The predicted octanol–water partition coefficient (Wildman–Crippen LogP) is 2.23. The third-order valence-corrected chi connectivity index (χ3v) is 3.84. The van der Waals surface area contributed by atoms with Crippen molar-refractivity contribution in [3.8, 4) is 0 Å². The van der Waals surface area contributed by atoms with Gasteiger partial charge in [0.1, 0.15) is 0 Å². The molecule has 2 heterocycles. The number of nitrogens with zero attached hydrogens (tertiary/aromatic N) is 2. The number of nitrogen functional groups attached to an aromatic ring is 1. The number of nitrogens with two attached hydrogens (primary N) is 1. The molecule has 1 unspecified atom stereocenters. The first-order valence-corrected chi connectivity index (χ1v) is 6.54. The summed E-state index contributed by atoms with van der Waals surface area (Å²) in [5.41, 5.74) is 6.76. The van der Waals surface area contributed by atoms with Crippen LogP contribution in [0, 0.1) is 11.3 Å². The van der Waals surface area contributed by atoms with Gasteiger partial charge in [-0.05, 0) is 29.9 Å². The first-order valence-electron chi connectivity index (χ1n) is 6.54. The van der Waals surface area contributed by atoms with Crippen LogP contribution in [0.3, 0.4) is 0 Å². The Hall–Kier alpha value is -1.78. The molecule has 3 N–H and O–H groups in total. The molecule has 2 rings (SSSR count). The quantitative estimate of drug-likeness (QED) is 0.855. The number of pyridine rings is 1. The molecule has 5 heteroatoms. The summed E-state index contributed by atoms with van der Waals surface area (Å²) in [5.74, 6) is 0.154. The SMILES string of the molecule is CC(C)(C)C1CCN(c2nc(C(=O)O)ccc2N)C1. The van der Waals surface area contributed by atoms with Crippen LogP contribution in [0.4, 0.5) is 11.5 Å². The van der Waals surface area contributed by atoms with Gasteiger partial charge < -0.3 is 15.7 Å². The van der Waals surface area contributed by atoms with Crippen molar-refractivity contribution in [2.24, 2.45) is 11.3 Å². The zero-order chi connectivity index (χ0) is 14.2. The third-order valence-electron chi connectivity index (χ3n) is 3.84. The van der Waals surface area contributed by atoms with Crippen LogP contribution < -0.4 is 10.6 Å². The fourth-order valence-electron chi connectivity index (χ4n) is 2.49. The van der Waals surface area contributed by atoms with Gasteiger partial charge in [-0.15, -0.1) is 0 Å². The Bertz CT molecular complexity index is 494. The van der Waals surface area contributed by atoms with Gasteiger partial charge >= 0.3 is 5.97 Å². The number of rotatable bonds is 2. The number of anilines is 2. The van der Waals surface area contributed by atoms with Crippen molar-refractivity contribution < 1.29 is 9.90 Å². The van der Waals surface area contributed by atoms with E-state index in [9.17, 15) is 4.79 Å². The zero-order valence-electron chi connectivity index (χ0n) is 11.7. The lowest BCUT2D eigenvalue weighted by Crippen LogP contribution is -2.27. The van der Waals surface area contributed by atoms with Gasteiger partial charge in [-0.25, -0.2) is 9.78 Å². The number of hydrogen-bond acceptors (Lipinski definition) is 4. The minimum Gasteiger partial charge on any atom is -0.477 e. The molecule has 1 fully saturated rings. The highest BCUT2D eigenvalue weighted by atomic mass is 16.4. The number of carboxylic acid groups (broad SMARTS) is 1. The van der Waals surface area contributed by atoms with Gasteiger partial charge in [-0.3, -0.25) is 0 Å². The minimum atomic E-state index is -1.02. The van der Waals surface area contributed by atoms with Gasteiger partial charge in [0.2, 0.25) is 0 Å². The van der Waals surface area contributed by atoms with Crippen LogP contribution in [0.1, 0.15) is 37.7 Å². The van der Waals surface area contributed by atoms with Gasteiger partial charge in [0.15, 0.2) is 11.5 Å². The second-order valence-corrected chi connectivity index (χ2v) is 6.21. The highest BCUT2D eigenvalue weighted by Gasteiger charge is 2.33. The summed E-state index contributed by atoms with van der Waals surface area (Å²) in [5, 5.41) is 9.00. The van der Waals surface area contributed by atoms with E-state index >= 15 is 0 Å². The van der Waals surface area contributed by atoms with Crippen LogP contribution in [0.15, 0.2) is 12.1 Å². The molecule has 104 valence electrons. The summed E-state index contributed by atoms with van der Waals surface area (Å²) in [4.78, 5) is 17.2. The lowest BCUT2D eigenvalue weighted by Gasteiger charge is -2.27. The molecule has 19 heavy (non-hydrogen) atoms. The normalized spacial score (nSPS) is 19.7. The molecule has 0 aliphatic carbocycles. The average molecular weight is 263 g/mol. The second-order valence-electron chi connectivity index (χ2n) is 6.21. The molecular formula is C14H21N3O2. The maximum absolute atomic E-state index is 11.0. The number of carbonyl (C=O) groups is 1. The first-order chi connectivity index (χ1) is 8.79. The Labute approximate surface area is 113 Å². The summed E-state index contributed by atoms with van der Waals surface area (Å²) in [6.45, 7) is 8.44. The number of aromatic nitrogens is 1. The van der Waals surface area contributed by atoms with Gasteiger partial charge in [-0.2, -0.15) is 0 Å². The summed E-state index contributed by atoms with van der Waals surface area (Å²) in [6.07, 6.45) is 1.09. The van der Waals surface area contributed by atoms with Crippen molar-refractivity contribution in [3.63, 3.8) is 0 Å². The molecule has 1 aromatic heterocycles. The van der Waals surface area contributed by atoms with E-state index in [1.807, 2.05) is 0 Å². The van der Waals surface area contributed by atoms with E-state index in [0.717, 1.165) is 19.5 Å². The van der Waals surface area contributed by atoms with E-state index in [2.05, 4.69) is 30.7 Å². The number of hydrogen-bond donors (Lipinski definition) is 2. The topological polar surface area (TPSA) is 79.5 Å². The van der Waals surface area contributed by atoms with Crippen molar-refractivity contribution in [1.29, 1.82) is 0 Å². The highest BCUT2D eigenvalue weighted by molar-refractivity contribution is 5.87. The molecule has 1 atom stereocenters. The van der Waals surface area contributed by atoms with Crippen LogP contribution in [-0.4, -0.2) is 29.1 Å². The third kappa shape index (κ3) is 2.80. The average Bonchev–Trinajstić information content (AvgIpc) is 2.78. The van der Waals surface area contributed by atoms with E-state index in [1.54, 1.807) is 6.07 Å². The number of aromatic carboxylic acids is 1. The zero-order valence-corrected chi connectivity index (χ0v) is 11.7. The Morgan fingerprint density at radius 3 is 2.68 bits per heavy atom. The van der Waals surface area contributed by atoms with Crippen molar-refractivity contribution >= 4 is 17.5 Å². The fraction of sp³-hybridized carbons (Fsp3) is 0.571. The largest absolute Gasteiger partial charge is 0.477 e. The van der Waals surface area contributed by atoms with Crippen LogP contribution in [-0.2, 0) is 0 Å². The molecule has 0 spiro atoms. The molecule has 0 aromatic carbocycles. The first kappa shape index (κ1) is 13.6. The monoisotopic (exact) mass is 263 g/mol. The van der Waals surface area contributed by atoms with E-state index in [1.165, 1.54) is 6.07 Å². The molecule has 1 aliphatic rings. The van der Waals surface area contributed by atoms with Crippen molar-refractivity contribution in [2.45, 2.75) is 27.2 Å². The summed E-state index contributed by atoms with van der Waals surface area (Å²) in [6, 6.07) is 3.06. The van der Waals surface area contributed by atoms with Gasteiger partial charge in [-0.1, -0.05) is 20.8 Å². The van der Waals surface area contributed by atoms with Crippen LogP contribution in [0.5, 0.6) is 0 Å². The van der Waals surface area contributed by atoms with Crippen LogP contribution in [0.25, 0.3) is 0 Å². The molecule has 1 aromatic rings. The van der Waals surface area contributed by atoms with Gasteiger partial charge in [0.05, 0.1) is 5.69 Å². The molecule has 0 saturated carbocycles. The Morgan fingerprint density at radius 2 is 2.16 bits per heavy atom. The molecular weight excluding hydrogens is 242 g/mol. The summed E-state index contributed by atoms with van der Waals surface area (Å²) < 4.78 is 0. The van der Waals surface area contributed by atoms with Gasteiger partial charge in [0, 0.05) is 13.1 Å². The Morgan fingerprint density at radius 1 is 1.47 bits per heavy atom. The maximum Gasteiger partial charge on any atom is 0.354 e. The molecule has 1 aliphatic heterocycles. The smallest absolute Gasteiger partial charge is 0.354 e. The number of carboxylic acids is 1. The molecule has 0 amide bonds. The van der Waals surface area contributed by atoms with E-state index in [-0.39, 0.29) is 11.1 Å². The summed E-state index contributed by atoms with van der Waals surface area (Å²) >= 11 is 0. The fourth-order valence-corrected chi connectivity index (χ4v) is 2.49. The molecule has 1 saturated heterocycles. The van der Waals surface area contributed by atoms with Crippen molar-refractivity contribution in [2.75, 3.05) is 23.7 Å². The molecule has 0 bridgehead atoms. The van der Waals surface area contributed by atoms with Crippen LogP contribution >= 0.6 is 0 Å². The van der Waals surface area contributed by atoms with Crippen molar-refractivity contribution in [3.05, 3.63) is 17.8 Å². The second kappa shape index (κ2) is 4.72. The van der Waals surface area contributed by atoms with Crippen molar-refractivity contribution in [1.82, 2.24) is 4.98 Å². The Kier molecular flexibility index (Phi) is 3.39. The lowest BCUT2D eigenvalue weighted by atomic mass is 9.80. The summed E-state index contributed by atoms with van der Waals surface area (Å²) in [7, 11) is 0. The Balaban J connectivity index is 2.24. The standard InChI is InChI=1S/C14H21N3O2/c1-14(2,3)9-6-7-17(8-9)12-10(15)4-5-11(16-12)13(18)19/h4-5,9H,6-8,15H2,1-3H3,(H,18,19). The van der Waals surface area contributed by atoms with E-state index < -0.39 is 5.97 Å². The highest BCUT2D eigenvalue weighted by Crippen LogP contribution is 2.36. The minimum absolute atomic E-state index is 0.0448. The lowest BCUT2D eigenvalue weighted by molar-refractivity contribution is 0.0690. The van der Waals surface area contributed by atoms with Gasteiger partial charge in [0.25, 0.3) is 0 Å². The van der Waals surface area contributed by atoms with Crippen LogP contribution in [0.2, 0.25) is 0 Å². The molecule has 5 nitrogen and oxygen atoms in total. The van der Waals surface area contributed by atoms with E-state index in [0.29, 0.717) is 17.4 Å².